The minimum Gasteiger partial charge on any atom is -0.310 e. The van der Waals surface area contributed by atoms with Gasteiger partial charge in [-0.25, -0.2) is 17.2 Å². The highest BCUT2D eigenvalue weighted by molar-refractivity contribution is 7.91. The first-order chi connectivity index (χ1) is 9.43. The molecule has 1 aromatic carbocycles. The van der Waals surface area contributed by atoms with E-state index < -0.39 is 21.5 Å². The molecule has 112 valence electrons. The summed E-state index contributed by atoms with van der Waals surface area (Å²) >= 11 is 0. The van der Waals surface area contributed by atoms with Gasteiger partial charge in [0.1, 0.15) is 11.6 Å². The fraction of sp³-hybridized carbons (Fsp3) is 0.571. The maximum Gasteiger partial charge on any atom is 0.150 e. The smallest absolute Gasteiger partial charge is 0.150 e. The molecule has 6 heteroatoms. The Morgan fingerprint density at radius 3 is 2.70 bits per heavy atom. The number of halogens is 2. The Hall–Kier alpha value is -1.01. The van der Waals surface area contributed by atoms with Crippen LogP contribution < -0.4 is 5.32 Å². The molecule has 2 rings (SSSR count). The summed E-state index contributed by atoms with van der Waals surface area (Å²) in [6.07, 6.45) is 1.37. The fourth-order valence-electron chi connectivity index (χ4n) is 2.67. The van der Waals surface area contributed by atoms with Gasteiger partial charge in [-0.2, -0.15) is 0 Å². The molecule has 1 N–H and O–H groups in total. The van der Waals surface area contributed by atoms with Gasteiger partial charge in [0.15, 0.2) is 9.84 Å². The molecular weight excluding hydrogens is 284 g/mol. The third-order valence-electron chi connectivity index (χ3n) is 3.65. The van der Waals surface area contributed by atoms with Gasteiger partial charge in [-0.3, -0.25) is 0 Å². The summed E-state index contributed by atoms with van der Waals surface area (Å²) < 4.78 is 50.2. The van der Waals surface area contributed by atoms with Crippen LogP contribution in [0, 0.1) is 17.6 Å². The van der Waals surface area contributed by atoms with Gasteiger partial charge in [0, 0.05) is 17.7 Å². The van der Waals surface area contributed by atoms with Crippen molar-refractivity contribution in [3.8, 4) is 0 Å². The highest BCUT2D eigenvalue weighted by Crippen LogP contribution is 2.32. The van der Waals surface area contributed by atoms with Gasteiger partial charge in [-0.15, -0.1) is 0 Å². The SMILES string of the molecule is CCCNC(c1ccc(F)cc1F)C1CCS(=O)(=O)C1. The summed E-state index contributed by atoms with van der Waals surface area (Å²) in [6, 6.07) is 3.08. The van der Waals surface area contributed by atoms with E-state index in [2.05, 4.69) is 5.32 Å². The van der Waals surface area contributed by atoms with Crippen LogP contribution in [0.5, 0.6) is 0 Å². The molecule has 3 nitrogen and oxygen atoms in total. The molecule has 0 saturated carbocycles. The molecule has 2 unspecified atom stereocenters. The molecule has 20 heavy (non-hydrogen) atoms. The minimum atomic E-state index is -3.03. The van der Waals surface area contributed by atoms with Gasteiger partial charge in [-0.1, -0.05) is 13.0 Å². The molecule has 0 aromatic heterocycles. The maximum atomic E-state index is 13.9. The molecule has 0 bridgehead atoms. The minimum absolute atomic E-state index is 0.0607. The van der Waals surface area contributed by atoms with Gasteiger partial charge in [0.2, 0.25) is 0 Å². The molecule has 0 spiro atoms. The molecule has 0 amide bonds. The fourth-order valence-corrected chi connectivity index (χ4v) is 4.51. The van der Waals surface area contributed by atoms with Crippen molar-refractivity contribution in [3.63, 3.8) is 0 Å². The Kier molecular flexibility index (Phi) is 4.75. The van der Waals surface area contributed by atoms with Crippen LogP contribution in [0.3, 0.4) is 0 Å². The second kappa shape index (κ2) is 6.18. The highest BCUT2D eigenvalue weighted by Gasteiger charge is 2.35. The molecule has 0 radical (unpaired) electrons. The molecule has 2 atom stereocenters. The lowest BCUT2D eigenvalue weighted by Gasteiger charge is -2.25. The summed E-state index contributed by atoms with van der Waals surface area (Å²) in [5.41, 5.74) is 0.349. The van der Waals surface area contributed by atoms with E-state index in [1.165, 1.54) is 12.1 Å². The van der Waals surface area contributed by atoms with Gasteiger partial charge in [-0.05, 0) is 31.4 Å². The van der Waals surface area contributed by atoms with Crippen LogP contribution in [0.15, 0.2) is 18.2 Å². The Balaban J connectivity index is 2.27. The highest BCUT2D eigenvalue weighted by atomic mass is 32.2. The zero-order valence-electron chi connectivity index (χ0n) is 11.4. The normalized spacial score (nSPS) is 22.9. The topological polar surface area (TPSA) is 46.2 Å². The number of hydrogen-bond donors (Lipinski definition) is 1. The molecule has 0 aliphatic carbocycles. The van der Waals surface area contributed by atoms with Gasteiger partial charge in [0.05, 0.1) is 11.5 Å². The van der Waals surface area contributed by atoms with Crippen molar-refractivity contribution in [2.75, 3.05) is 18.1 Å². The summed E-state index contributed by atoms with van der Waals surface area (Å²) in [5.74, 6) is -1.20. The van der Waals surface area contributed by atoms with Crippen LogP contribution in [0.4, 0.5) is 8.78 Å². The third kappa shape index (κ3) is 3.55. The van der Waals surface area contributed by atoms with Crippen molar-refractivity contribution < 1.29 is 17.2 Å². The van der Waals surface area contributed by atoms with Crippen LogP contribution >= 0.6 is 0 Å². The first kappa shape index (κ1) is 15.4. The van der Waals surface area contributed by atoms with E-state index in [1.807, 2.05) is 6.92 Å². The van der Waals surface area contributed by atoms with Crippen LogP contribution in [0.25, 0.3) is 0 Å². The van der Waals surface area contributed by atoms with E-state index in [0.717, 1.165) is 12.5 Å². The maximum absolute atomic E-state index is 13.9. The first-order valence-electron chi connectivity index (χ1n) is 6.81. The number of sulfone groups is 1. The molecule has 1 saturated heterocycles. The average molecular weight is 303 g/mol. The molecular formula is C14H19F2NO2S. The number of nitrogens with one attached hydrogen (secondary N) is 1. The number of benzene rings is 1. The summed E-state index contributed by atoms with van der Waals surface area (Å²) in [7, 11) is -3.03. The Labute approximate surface area is 118 Å². The average Bonchev–Trinajstić information content (AvgIpc) is 2.72. The van der Waals surface area contributed by atoms with E-state index in [9.17, 15) is 17.2 Å². The van der Waals surface area contributed by atoms with Crippen LogP contribution in [0.1, 0.15) is 31.4 Å². The van der Waals surface area contributed by atoms with E-state index in [1.54, 1.807) is 0 Å². The third-order valence-corrected chi connectivity index (χ3v) is 5.44. The Bertz CT molecular complexity index is 575. The van der Waals surface area contributed by atoms with E-state index in [-0.39, 0.29) is 23.5 Å². The predicted molar refractivity (Wildman–Crippen MR) is 74.2 cm³/mol. The lowest BCUT2D eigenvalue weighted by atomic mass is 9.92. The largest absolute Gasteiger partial charge is 0.310 e. The van der Waals surface area contributed by atoms with Crippen molar-refractivity contribution in [1.82, 2.24) is 5.32 Å². The molecule has 1 fully saturated rings. The van der Waals surface area contributed by atoms with Crippen molar-refractivity contribution in [2.24, 2.45) is 5.92 Å². The second-order valence-corrected chi connectivity index (χ2v) is 7.49. The molecule has 1 aromatic rings. The summed E-state index contributed by atoms with van der Waals surface area (Å²) in [5, 5.41) is 3.20. The van der Waals surface area contributed by atoms with Crippen molar-refractivity contribution in [1.29, 1.82) is 0 Å². The quantitative estimate of drug-likeness (QED) is 0.909. The standard InChI is InChI=1S/C14H19F2NO2S/c1-2-6-17-14(10-5-7-20(18,19)9-10)12-4-3-11(15)8-13(12)16/h3-4,8,10,14,17H,2,5-7,9H2,1H3. The molecule has 1 heterocycles. The van der Waals surface area contributed by atoms with Crippen LogP contribution in [0.2, 0.25) is 0 Å². The Morgan fingerprint density at radius 2 is 2.15 bits per heavy atom. The summed E-state index contributed by atoms with van der Waals surface area (Å²) in [4.78, 5) is 0. The van der Waals surface area contributed by atoms with E-state index in [4.69, 9.17) is 0 Å². The molecule has 1 aliphatic rings. The number of rotatable bonds is 5. The monoisotopic (exact) mass is 303 g/mol. The van der Waals surface area contributed by atoms with Crippen LogP contribution in [-0.4, -0.2) is 26.5 Å². The second-order valence-electron chi connectivity index (χ2n) is 5.26. The summed E-state index contributed by atoms with van der Waals surface area (Å²) in [6.45, 7) is 2.65. The van der Waals surface area contributed by atoms with Gasteiger partial charge >= 0.3 is 0 Å². The number of hydrogen-bond acceptors (Lipinski definition) is 3. The Morgan fingerprint density at radius 1 is 1.40 bits per heavy atom. The van der Waals surface area contributed by atoms with Crippen molar-refractivity contribution in [3.05, 3.63) is 35.4 Å². The lowest BCUT2D eigenvalue weighted by Crippen LogP contribution is -2.30. The predicted octanol–water partition coefficient (Wildman–Crippen LogP) is 2.44. The van der Waals surface area contributed by atoms with Crippen molar-refractivity contribution in [2.45, 2.75) is 25.8 Å². The van der Waals surface area contributed by atoms with E-state index in [0.29, 0.717) is 18.5 Å². The van der Waals surface area contributed by atoms with Crippen molar-refractivity contribution >= 4 is 9.84 Å². The van der Waals surface area contributed by atoms with E-state index >= 15 is 0 Å². The zero-order chi connectivity index (χ0) is 14.8. The lowest BCUT2D eigenvalue weighted by molar-refractivity contribution is 0.379. The first-order valence-corrected chi connectivity index (χ1v) is 8.64. The van der Waals surface area contributed by atoms with Crippen LogP contribution in [-0.2, 0) is 9.84 Å². The van der Waals surface area contributed by atoms with Gasteiger partial charge < -0.3 is 5.32 Å². The molecule has 1 aliphatic heterocycles. The van der Waals surface area contributed by atoms with Gasteiger partial charge in [0.25, 0.3) is 0 Å². The zero-order valence-corrected chi connectivity index (χ0v) is 12.2.